The molecule has 1 saturated heterocycles. The minimum Gasteiger partial charge on any atom is -0.387 e. The summed E-state index contributed by atoms with van der Waals surface area (Å²) in [5.41, 5.74) is 1.10. The van der Waals surface area contributed by atoms with Crippen molar-refractivity contribution in [1.29, 1.82) is 0 Å². The first-order valence-corrected chi connectivity index (χ1v) is 4.01. The van der Waals surface area contributed by atoms with Crippen molar-refractivity contribution in [3.63, 3.8) is 0 Å². The summed E-state index contributed by atoms with van der Waals surface area (Å²) in [4.78, 5) is 11.5. The highest BCUT2D eigenvalue weighted by Gasteiger charge is 2.65. The van der Waals surface area contributed by atoms with Crippen LogP contribution < -0.4 is 5.32 Å². The smallest absolute Gasteiger partial charge is 0.168 e. The minimum atomic E-state index is -0.0608. The highest BCUT2D eigenvalue weighted by atomic mass is 16.1. The summed E-state index contributed by atoms with van der Waals surface area (Å²) >= 11 is 0. The molecule has 2 nitrogen and oxygen atoms in total. The lowest BCUT2D eigenvalue weighted by Crippen LogP contribution is -2.22. The molecule has 56 valence electrons. The fourth-order valence-corrected chi connectivity index (χ4v) is 2.32. The van der Waals surface area contributed by atoms with Gasteiger partial charge < -0.3 is 5.32 Å². The van der Waals surface area contributed by atoms with E-state index in [1.807, 2.05) is 12.2 Å². The summed E-state index contributed by atoms with van der Waals surface area (Å²) in [5, 5.41) is 3.27. The van der Waals surface area contributed by atoms with Crippen LogP contribution in [0.1, 0.15) is 6.42 Å². The summed E-state index contributed by atoms with van der Waals surface area (Å²) in [6.45, 7) is 0.999. The van der Waals surface area contributed by atoms with E-state index in [0.29, 0.717) is 11.7 Å². The maximum absolute atomic E-state index is 11.5. The van der Waals surface area contributed by atoms with E-state index in [4.69, 9.17) is 0 Å². The standard InChI is InChI=1S/C9H9NO/c11-8-3-1-2-7-9(8)4-6(9)5-10-7/h1-3,6,10H,4-5H2. The van der Waals surface area contributed by atoms with Gasteiger partial charge in [0.25, 0.3) is 0 Å². The van der Waals surface area contributed by atoms with Gasteiger partial charge in [0.2, 0.25) is 0 Å². The van der Waals surface area contributed by atoms with Gasteiger partial charge in [-0.1, -0.05) is 6.08 Å². The Kier molecular flexibility index (Phi) is 0.721. The summed E-state index contributed by atoms with van der Waals surface area (Å²) in [5.74, 6) is 0.913. The summed E-state index contributed by atoms with van der Waals surface area (Å²) < 4.78 is 0. The van der Waals surface area contributed by atoms with Crippen molar-refractivity contribution in [3.8, 4) is 0 Å². The predicted octanol–water partition coefficient (Wildman–Crippen LogP) is 0.619. The van der Waals surface area contributed by atoms with Crippen molar-refractivity contribution < 1.29 is 4.79 Å². The molecule has 1 heterocycles. The molecule has 0 aromatic rings. The fourth-order valence-electron chi connectivity index (χ4n) is 2.32. The maximum atomic E-state index is 11.5. The van der Waals surface area contributed by atoms with E-state index in [0.717, 1.165) is 18.7 Å². The zero-order valence-electron chi connectivity index (χ0n) is 6.13. The average molecular weight is 147 g/mol. The van der Waals surface area contributed by atoms with Crippen molar-refractivity contribution in [1.82, 2.24) is 5.32 Å². The first-order chi connectivity index (χ1) is 5.34. The molecular weight excluding hydrogens is 138 g/mol. The Hall–Kier alpha value is -1.05. The first-order valence-electron chi connectivity index (χ1n) is 4.01. The van der Waals surface area contributed by atoms with Crippen molar-refractivity contribution in [2.45, 2.75) is 6.42 Å². The molecule has 1 aliphatic heterocycles. The van der Waals surface area contributed by atoms with Gasteiger partial charge in [0.1, 0.15) is 0 Å². The van der Waals surface area contributed by atoms with Crippen LogP contribution in [0.2, 0.25) is 0 Å². The molecule has 2 heteroatoms. The van der Waals surface area contributed by atoms with E-state index in [9.17, 15) is 4.79 Å². The first kappa shape index (κ1) is 5.58. The van der Waals surface area contributed by atoms with Gasteiger partial charge >= 0.3 is 0 Å². The van der Waals surface area contributed by atoms with Crippen molar-refractivity contribution in [2.24, 2.45) is 11.3 Å². The molecule has 1 N–H and O–H groups in total. The van der Waals surface area contributed by atoms with E-state index >= 15 is 0 Å². The van der Waals surface area contributed by atoms with Crippen LogP contribution in [0.4, 0.5) is 0 Å². The zero-order chi connectivity index (χ0) is 7.47. The number of carbonyl (C=O) groups is 1. The maximum Gasteiger partial charge on any atom is 0.168 e. The highest BCUT2D eigenvalue weighted by molar-refractivity contribution is 6.01. The minimum absolute atomic E-state index is 0.0608. The number of hydrogen-bond donors (Lipinski definition) is 1. The molecule has 0 bridgehead atoms. The Labute approximate surface area is 65.0 Å². The predicted molar refractivity (Wildman–Crippen MR) is 40.8 cm³/mol. The number of ketones is 1. The topological polar surface area (TPSA) is 29.1 Å². The second-order valence-corrected chi connectivity index (χ2v) is 3.56. The lowest BCUT2D eigenvalue weighted by Gasteiger charge is -2.14. The molecule has 1 saturated carbocycles. The quantitative estimate of drug-likeness (QED) is 0.544. The van der Waals surface area contributed by atoms with Crippen LogP contribution in [0.25, 0.3) is 0 Å². The van der Waals surface area contributed by atoms with Gasteiger partial charge in [-0.3, -0.25) is 4.79 Å². The molecule has 1 spiro atoms. The molecule has 0 radical (unpaired) electrons. The monoisotopic (exact) mass is 147 g/mol. The lowest BCUT2D eigenvalue weighted by molar-refractivity contribution is -0.118. The molecular formula is C9H9NO. The third kappa shape index (κ3) is 0.451. The van der Waals surface area contributed by atoms with Crippen LogP contribution in [-0.2, 0) is 4.79 Å². The molecule has 3 aliphatic rings. The lowest BCUT2D eigenvalue weighted by atomic mass is 9.92. The molecule has 11 heavy (non-hydrogen) atoms. The number of allylic oxidation sites excluding steroid dienone is 4. The molecule has 2 atom stereocenters. The summed E-state index contributed by atoms with van der Waals surface area (Å²) in [6, 6.07) is 0. The average Bonchev–Trinajstić information content (AvgIpc) is 2.62. The normalized spacial score (nSPS) is 44.2. The van der Waals surface area contributed by atoms with Crippen molar-refractivity contribution in [3.05, 3.63) is 23.9 Å². The van der Waals surface area contributed by atoms with Gasteiger partial charge in [-0.15, -0.1) is 0 Å². The van der Waals surface area contributed by atoms with Crippen LogP contribution in [-0.4, -0.2) is 12.3 Å². The van der Waals surface area contributed by atoms with Crippen LogP contribution in [0.5, 0.6) is 0 Å². The van der Waals surface area contributed by atoms with Crippen LogP contribution in [0, 0.1) is 11.3 Å². The molecule has 0 aromatic heterocycles. The molecule has 0 aromatic carbocycles. The van der Waals surface area contributed by atoms with Gasteiger partial charge in [0, 0.05) is 12.2 Å². The highest BCUT2D eigenvalue weighted by Crippen LogP contribution is 2.61. The molecule has 2 fully saturated rings. The summed E-state index contributed by atoms with van der Waals surface area (Å²) in [6.07, 6.45) is 6.66. The van der Waals surface area contributed by atoms with Crippen molar-refractivity contribution >= 4 is 5.78 Å². The van der Waals surface area contributed by atoms with Gasteiger partial charge in [-0.05, 0) is 24.5 Å². The SMILES string of the molecule is O=C1C=CC=C2NCC3CC123. The largest absolute Gasteiger partial charge is 0.387 e. The third-order valence-electron chi connectivity index (χ3n) is 3.07. The van der Waals surface area contributed by atoms with E-state index in [1.165, 1.54) is 0 Å². The van der Waals surface area contributed by atoms with Gasteiger partial charge in [0.05, 0.1) is 5.41 Å². The van der Waals surface area contributed by atoms with Gasteiger partial charge in [0.15, 0.2) is 5.78 Å². The Morgan fingerprint density at radius 2 is 2.55 bits per heavy atom. The number of hydrogen-bond acceptors (Lipinski definition) is 2. The number of nitrogens with one attached hydrogen (secondary N) is 1. The van der Waals surface area contributed by atoms with E-state index in [1.54, 1.807) is 6.08 Å². The van der Waals surface area contributed by atoms with Gasteiger partial charge in [-0.25, -0.2) is 0 Å². The Balaban J connectivity index is 2.17. The Morgan fingerprint density at radius 3 is 3.27 bits per heavy atom. The second kappa shape index (κ2) is 1.42. The van der Waals surface area contributed by atoms with Crippen LogP contribution in [0.15, 0.2) is 23.9 Å². The molecule has 2 aliphatic carbocycles. The number of carbonyl (C=O) groups excluding carboxylic acids is 1. The van der Waals surface area contributed by atoms with Crippen LogP contribution >= 0.6 is 0 Å². The van der Waals surface area contributed by atoms with E-state index in [2.05, 4.69) is 5.32 Å². The fraction of sp³-hybridized carbons (Fsp3) is 0.444. The van der Waals surface area contributed by atoms with Crippen molar-refractivity contribution in [2.75, 3.05) is 6.54 Å². The van der Waals surface area contributed by atoms with E-state index in [-0.39, 0.29) is 5.41 Å². The zero-order valence-corrected chi connectivity index (χ0v) is 6.13. The third-order valence-corrected chi connectivity index (χ3v) is 3.07. The number of piperidine rings is 1. The molecule has 0 amide bonds. The molecule has 2 unspecified atom stereocenters. The van der Waals surface area contributed by atoms with Gasteiger partial charge in [-0.2, -0.15) is 0 Å². The second-order valence-electron chi connectivity index (χ2n) is 3.56. The Morgan fingerprint density at radius 1 is 1.64 bits per heavy atom. The van der Waals surface area contributed by atoms with Crippen LogP contribution in [0.3, 0.4) is 0 Å². The molecule has 3 rings (SSSR count). The van der Waals surface area contributed by atoms with E-state index < -0.39 is 0 Å². The summed E-state index contributed by atoms with van der Waals surface area (Å²) in [7, 11) is 0. The number of rotatable bonds is 0. The Bertz CT molecular complexity index is 303.